The number of morpholine rings is 2. The molecule has 9 heteroatoms. The molecule has 2 saturated heterocycles. The van der Waals surface area contributed by atoms with Crippen molar-refractivity contribution in [2.24, 2.45) is 0 Å². The van der Waals surface area contributed by atoms with Gasteiger partial charge in [-0.2, -0.15) is 5.10 Å². The fourth-order valence-electron chi connectivity index (χ4n) is 4.82. The van der Waals surface area contributed by atoms with Gasteiger partial charge in [0.05, 0.1) is 54.1 Å². The van der Waals surface area contributed by atoms with Gasteiger partial charge in [-0.3, -0.25) is 4.90 Å². The third-order valence-electron chi connectivity index (χ3n) is 6.82. The Morgan fingerprint density at radius 3 is 2.56 bits per heavy atom. The average Bonchev–Trinajstić information content (AvgIpc) is 3.56. The summed E-state index contributed by atoms with van der Waals surface area (Å²) in [5.41, 5.74) is 4.91. The first-order chi connectivity index (χ1) is 17.6. The zero-order chi connectivity index (χ0) is 24.5. The number of hydrogen-bond donors (Lipinski definition) is 1. The van der Waals surface area contributed by atoms with Crippen molar-refractivity contribution in [1.82, 2.24) is 19.7 Å². The van der Waals surface area contributed by atoms with Gasteiger partial charge in [-0.15, -0.1) is 11.3 Å². The second-order valence-corrected chi connectivity index (χ2v) is 10.5. The second-order valence-electron chi connectivity index (χ2n) is 9.36. The Bertz CT molecular complexity index is 1340. The molecule has 1 atom stereocenters. The zero-order valence-corrected chi connectivity index (χ0v) is 21.3. The SMILES string of the molecule is CC(O)c1cccc(-c2ccn(-c3cc(N4CCOCC4)c4sc(CN5CCOCC5)cc4n3)n2)c1. The molecule has 6 rings (SSSR count). The highest BCUT2D eigenvalue weighted by Gasteiger charge is 2.20. The highest BCUT2D eigenvalue weighted by atomic mass is 32.1. The van der Waals surface area contributed by atoms with Crippen molar-refractivity contribution >= 4 is 27.2 Å². The number of thiophene rings is 1. The molecular formula is C27H31N5O3S. The number of benzene rings is 1. The van der Waals surface area contributed by atoms with Gasteiger partial charge in [0.1, 0.15) is 0 Å². The molecule has 3 aromatic heterocycles. The minimum Gasteiger partial charge on any atom is -0.389 e. The molecule has 0 bridgehead atoms. The Morgan fingerprint density at radius 1 is 1.00 bits per heavy atom. The van der Waals surface area contributed by atoms with Crippen LogP contribution in [0.2, 0.25) is 0 Å². The lowest BCUT2D eigenvalue weighted by Gasteiger charge is -2.29. The van der Waals surface area contributed by atoms with Gasteiger partial charge in [-0.05, 0) is 30.7 Å². The average molecular weight is 506 g/mol. The van der Waals surface area contributed by atoms with Gasteiger partial charge in [0, 0.05) is 55.4 Å². The third-order valence-corrected chi connectivity index (χ3v) is 7.95. The first kappa shape index (κ1) is 23.6. The van der Waals surface area contributed by atoms with Crippen LogP contribution < -0.4 is 4.90 Å². The molecule has 1 unspecified atom stereocenters. The summed E-state index contributed by atoms with van der Waals surface area (Å²) >= 11 is 1.84. The van der Waals surface area contributed by atoms with E-state index in [0.29, 0.717) is 0 Å². The molecule has 2 aliphatic rings. The molecule has 2 fully saturated rings. The van der Waals surface area contributed by atoms with Crippen LogP contribution in [-0.2, 0) is 16.0 Å². The van der Waals surface area contributed by atoms with E-state index in [-0.39, 0.29) is 0 Å². The van der Waals surface area contributed by atoms with Crippen molar-refractivity contribution in [2.75, 3.05) is 57.5 Å². The molecule has 0 amide bonds. The Kier molecular flexibility index (Phi) is 6.73. The standard InChI is InChI=1S/C27H31N5O3S/c1-19(33)20-3-2-4-21(15-20)23-5-6-32(29-23)26-17-25(31-9-13-35-14-10-31)27-24(28-26)16-22(36-27)18-30-7-11-34-12-8-30/h2-6,15-17,19,33H,7-14,18H2,1H3. The summed E-state index contributed by atoms with van der Waals surface area (Å²) in [4.78, 5) is 11.2. The number of aliphatic hydroxyl groups is 1. The maximum absolute atomic E-state index is 9.98. The number of rotatable bonds is 6. The number of anilines is 1. The minimum atomic E-state index is -0.516. The van der Waals surface area contributed by atoms with E-state index in [2.05, 4.69) is 21.9 Å². The molecule has 8 nitrogen and oxygen atoms in total. The van der Waals surface area contributed by atoms with E-state index in [1.807, 2.05) is 52.5 Å². The number of pyridine rings is 1. The van der Waals surface area contributed by atoms with Crippen LogP contribution in [0.5, 0.6) is 0 Å². The van der Waals surface area contributed by atoms with Crippen LogP contribution in [0.15, 0.2) is 48.7 Å². The van der Waals surface area contributed by atoms with E-state index in [1.165, 1.54) is 15.3 Å². The van der Waals surface area contributed by atoms with E-state index in [1.54, 1.807) is 6.92 Å². The van der Waals surface area contributed by atoms with Crippen molar-refractivity contribution in [3.8, 4) is 17.1 Å². The van der Waals surface area contributed by atoms with Crippen LogP contribution in [0.25, 0.3) is 27.3 Å². The molecule has 1 aromatic carbocycles. The molecule has 4 aromatic rings. The molecule has 5 heterocycles. The quantitative estimate of drug-likeness (QED) is 0.426. The Labute approximate surface area is 214 Å². The number of hydrogen-bond acceptors (Lipinski definition) is 8. The summed E-state index contributed by atoms with van der Waals surface area (Å²) in [7, 11) is 0. The fourth-order valence-corrected chi connectivity index (χ4v) is 6.00. The lowest BCUT2D eigenvalue weighted by Crippen LogP contribution is -2.36. The molecule has 1 N–H and O–H groups in total. The maximum atomic E-state index is 9.98. The molecule has 36 heavy (non-hydrogen) atoms. The summed E-state index contributed by atoms with van der Waals surface area (Å²) in [5, 5.41) is 14.8. The highest BCUT2D eigenvalue weighted by molar-refractivity contribution is 7.19. The fraction of sp³-hybridized carbons (Fsp3) is 0.407. The first-order valence-electron chi connectivity index (χ1n) is 12.5. The maximum Gasteiger partial charge on any atom is 0.156 e. The van der Waals surface area contributed by atoms with Gasteiger partial charge in [0.25, 0.3) is 0 Å². The number of aliphatic hydroxyl groups excluding tert-OH is 1. The van der Waals surface area contributed by atoms with Crippen LogP contribution in [0.4, 0.5) is 5.69 Å². The normalized spacial score (nSPS) is 18.1. The highest BCUT2D eigenvalue weighted by Crippen LogP contribution is 2.36. The first-order valence-corrected chi connectivity index (χ1v) is 13.4. The van der Waals surface area contributed by atoms with E-state index < -0.39 is 6.10 Å². The predicted molar refractivity (Wildman–Crippen MR) is 142 cm³/mol. The van der Waals surface area contributed by atoms with Crippen LogP contribution in [-0.4, -0.2) is 77.4 Å². The summed E-state index contributed by atoms with van der Waals surface area (Å²) in [5.74, 6) is 0.803. The van der Waals surface area contributed by atoms with E-state index in [9.17, 15) is 5.11 Å². The minimum absolute atomic E-state index is 0.516. The van der Waals surface area contributed by atoms with Crippen molar-refractivity contribution < 1.29 is 14.6 Å². The lowest BCUT2D eigenvalue weighted by atomic mass is 10.1. The molecule has 0 spiro atoms. The number of nitrogens with zero attached hydrogens (tertiary/aromatic N) is 5. The van der Waals surface area contributed by atoms with Crippen LogP contribution >= 0.6 is 11.3 Å². The molecule has 0 saturated carbocycles. The molecule has 0 aliphatic carbocycles. The monoisotopic (exact) mass is 505 g/mol. The summed E-state index contributed by atoms with van der Waals surface area (Å²) in [6.07, 6.45) is 1.44. The van der Waals surface area contributed by atoms with Crippen molar-refractivity contribution in [3.63, 3.8) is 0 Å². The van der Waals surface area contributed by atoms with Crippen molar-refractivity contribution in [1.29, 1.82) is 0 Å². The topological polar surface area (TPSA) is 75.9 Å². The smallest absolute Gasteiger partial charge is 0.156 e. The second kappa shape index (κ2) is 10.3. The Balaban J connectivity index is 1.37. The summed E-state index contributed by atoms with van der Waals surface area (Å²) in [6.45, 7) is 9.43. The van der Waals surface area contributed by atoms with Gasteiger partial charge in [-0.25, -0.2) is 9.67 Å². The van der Waals surface area contributed by atoms with Gasteiger partial charge < -0.3 is 19.5 Å². The van der Waals surface area contributed by atoms with E-state index >= 15 is 0 Å². The molecule has 2 aliphatic heterocycles. The molecule has 0 radical (unpaired) electrons. The van der Waals surface area contributed by atoms with E-state index in [4.69, 9.17) is 19.6 Å². The largest absolute Gasteiger partial charge is 0.389 e. The van der Waals surface area contributed by atoms with Gasteiger partial charge in [0.2, 0.25) is 0 Å². The Morgan fingerprint density at radius 2 is 1.78 bits per heavy atom. The number of aromatic nitrogens is 3. The number of ether oxygens (including phenoxy) is 2. The number of fused-ring (bicyclic) bond motifs is 1. The van der Waals surface area contributed by atoms with Gasteiger partial charge in [-0.1, -0.05) is 18.2 Å². The van der Waals surface area contributed by atoms with Crippen LogP contribution in [0.3, 0.4) is 0 Å². The van der Waals surface area contributed by atoms with Crippen molar-refractivity contribution in [3.05, 3.63) is 59.1 Å². The van der Waals surface area contributed by atoms with E-state index in [0.717, 1.165) is 87.3 Å². The Hall–Kier alpha value is -2.82. The zero-order valence-electron chi connectivity index (χ0n) is 20.5. The molecular weight excluding hydrogens is 474 g/mol. The van der Waals surface area contributed by atoms with Crippen molar-refractivity contribution in [2.45, 2.75) is 19.6 Å². The summed E-state index contributed by atoms with van der Waals surface area (Å²) in [6, 6.07) is 14.3. The van der Waals surface area contributed by atoms with Gasteiger partial charge in [0.15, 0.2) is 5.82 Å². The van der Waals surface area contributed by atoms with Crippen LogP contribution in [0, 0.1) is 0 Å². The van der Waals surface area contributed by atoms with Crippen LogP contribution in [0.1, 0.15) is 23.5 Å². The van der Waals surface area contributed by atoms with Gasteiger partial charge >= 0.3 is 0 Å². The predicted octanol–water partition coefficient (Wildman–Crippen LogP) is 3.87. The molecule has 188 valence electrons. The summed E-state index contributed by atoms with van der Waals surface area (Å²) < 4.78 is 14.2. The third kappa shape index (κ3) is 4.89. The lowest BCUT2D eigenvalue weighted by molar-refractivity contribution is 0.0346.